The van der Waals surface area contributed by atoms with Gasteiger partial charge in [-0.05, 0) is 67.2 Å². The van der Waals surface area contributed by atoms with Crippen LogP contribution in [-0.2, 0) is 26.3 Å². The van der Waals surface area contributed by atoms with Gasteiger partial charge in [0.05, 0.1) is 19.3 Å². The van der Waals surface area contributed by atoms with Crippen LogP contribution >= 0.6 is 0 Å². The molecule has 0 bridgehead atoms. The summed E-state index contributed by atoms with van der Waals surface area (Å²) >= 11 is 0. The molecular weight excluding hydrogens is 487 g/mol. The number of morpholine rings is 1. The number of carbonyl (C=O) groups excluding carboxylic acids is 1. The van der Waals surface area contributed by atoms with Gasteiger partial charge in [-0.15, -0.1) is 0 Å². The standard InChI is InChI=1S/C30H41FN2O5/c1-3-21-8-6-9-22(16-21)28-24(10-7-11-25(28)31)29(36,12-4-5-14-37-2)30(19-33(20-34)13-15-38-30)23-17-26(32)27(35)18-23/h6-11,16,20,23,26-27,35-36H,3-5,12-15,17-19,32H2,1-2H3/t23-,26+,27-,29+,30-/m0/s1. The first-order valence-corrected chi connectivity index (χ1v) is 13.7. The fourth-order valence-corrected chi connectivity index (χ4v) is 6.44. The van der Waals surface area contributed by atoms with Crippen molar-refractivity contribution in [3.8, 4) is 11.1 Å². The number of benzene rings is 2. The fraction of sp³-hybridized carbons (Fsp3) is 0.567. The van der Waals surface area contributed by atoms with Gasteiger partial charge in [0.25, 0.3) is 0 Å². The molecule has 8 heteroatoms. The lowest BCUT2D eigenvalue weighted by atomic mass is 9.65. The van der Waals surface area contributed by atoms with E-state index in [9.17, 15) is 15.0 Å². The maximum Gasteiger partial charge on any atom is 0.209 e. The number of rotatable bonds is 11. The van der Waals surface area contributed by atoms with Gasteiger partial charge in [-0.25, -0.2) is 4.39 Å². The maximum absolute atomic E-state index is 15.8. The van der Waals surface area contributed by atoms with Crippen molar-refractivity contribution >= 4 is 6.41 Å². The largest absolute Gasteiger partial charge is 0.392 e. The summed E-state index contributed by atoms with van der Waals surface area (Å²) in [6, 6.07) is 12.0. The van der Waals surface area contributed by atoms with E-state index in [1.165, 1.54) is 6.07 Å². The molecule has 4 rings (SSSR count). The van der Waals surface area contributed by atoms with Crippen molar-refractivity contribution in [3.05, 3.63) is 59.4 Å². The lowest BCUT2D eigenvalue weighted by Crippen LogP contribution is -2.66. The highest BCUT2D eigenvalue weighted by Gasteiger charge is 2.61. The van der Waals surface area contributed by atoms with E-state index >= 15 is 4.39 Å². The van der Waals surface area contributed by atoms with Crippen LogP contribution in [0.15, 0.2) is 42.5 Å². The molecule has 2 aromatic rings. The van der Waals surface area contributed by atoms with Gasteiger partial charge >= 0.3 is 0 Å². The number of carbonyl (C=O) groups is 1. The van der Waals surface area contributed by atoms with E-state index in [0.717, 1.165) is 18.4 Å². The second kappa shape index (κ2) is 12.2. The van der Waals surface area contributed by atoms with Crippen molar-refractivity contribution in [2.75, 3.05) is 33.4 Å². The van der Waals surface area contributed by atoms with E-state index in [1.54, 1.807) is 24.1 Å². The normalized spacial score (nSPS) is 27.3. The van der Waals surface area contributed by atoms with Crippen molar-refractivity contribution < 1.29 is 28.9 Å². The van der Waals surface area contributed by atoms with Crippen molar-refractivity contribution in [2.24, 2.45) is 11.7 Å². The van der Waals surface area contributed by atoms with E-state index in [4.69, 9.17) is 15.2 Å². The van der Waals surface area contributed by atoms with Gasteiger partial charge in [-0.1, -0.05) is 43.3 Å². The monoisotopic (exact) mass is 528 g/mol. The van der Waals surface area contributed by atoms with Crippen molar-refractivity contribution in [3.63, 3.8) is 0 Å². The molecular formula is C30H41FN2O5. The van der Waals surface area contributed by atoms with Crippen LogP contribution in [0.3, 0.4) is 0 Å². The molecule has 1 aliphatic carbocycles. The Morgan fingerprint density at radius 1 is 1.26 bits per heavy atom. The van der Waals surface area contributed by atoms with Crippen LogP contribution in [0.4, 0.5) is 4.39 Å². The SMILES string of the molecule is CCc1cccc(-c2c(F)cccc2[C@](O)(CCCCOC)[C@@]2([C@H]3C[C@@H](N)[C@@H](O)C3)CN(C=O)CCO2)c1. The lowest BCUT2D eigenvalue weighted by molar-refractivity contribution is -0.246. The first-order valence-electron chi connectivity index (χ1n) is 13.7. The average molecular weight is 529 g/mol. The minimum atomic E-state index is -1.68. The Labute approximate surface area is 224 Å². The smallest absolute Gasteiger partial charge is 0.209 e. The number of ether oxygens (including phenoxy) is 2. The van der Waals surface area contributed by atoms with Gasteiger partial charge < -0.3 is 30.3 Å². The second-order valence-electron chi connectivity index (χ2n) is 10.7. The third kappa shape index (κ3) is 5.38. The molecule has 1 saturated heterocycles. The first-order chi connectivity index (χ1) is 18.3. The molecule has 1 amide bonds. The summed E-state index contributed by atoms with van der Waals surface area (Å²) in [4.78, 5) is 13.6. The predicted octanol–water partition coefficient (Wildman–Crippen LogP) is 3.39. The number of hydrogen-bond acceptors (Lipinski definition) is 6. The number of aryl methyl sites for hydroxylation is 1. The molecule has 0 aromatic heterocycles. The number of aliphatic hydroxyl groups is 2. The van der Waals surface area contributed by atoms with Crippen LogP contribution in [0.25, 0.3) is 11.1 Å². The molecule has 2 aliphatic rings. The van der Waals surface area contributed by atoms with Crippen LogP contribution in [0, 0.1) is 11.7 Å². The van der Waals surface area contributed by atoms with Crippen LogP contribution in [0.1, 0.15) is 50.2 Å². The molecule has 2 fully saturated rings. The van der Waals surface area contributed by atoms with Crippen LogP contribution < -0.4 is 5.73 Å². The minimum Gasteiger partial charge on any atom is -0.392 e. The molecule has 2 aromatic carbocycles. The highest BCUT2D eigenvalue weighted by molar-refractivity contribution is 5.70. The molecule has 7 nitrogen and oxygen atoms in total. The number of amides is 1. The summed E-state index contributed by atoms with van der Waals surface area (Å²) in [5.41, 5.74) is 5.76. The zero-order valence-electron chi connectivity index (χ0n) is 22.4. The van der Waals surface area contributed by atoms with E-state index < -0.39 is 29.2 Å². The number of methoxy groups -OCH3 is 1. The zero-order chi connectivity index (χ0) is 27.3. The Morgan fingerprint density at radius 3 is 2.74 bits per heavy atom. The molecule has 1 heterocycles. The summed E-state index contributed by atoms with van der Waals surface area (Å²) in [5, 5.41) is 23.6. The predicted molar refractivity (Wildman–Crippen MR) is 144 cm³/mol. The third-order valence-electron chi connectivity index (χ3n) is 8.48. The number of hydrogen-bond donors (Lipinski definition) is 3. The molecule has 0 unspecified atom stereocenters. The van der Waals surface area contributed by atoms with Crippen molar-refractivity contribution in [1.29, 1.82) is 0 Å². The summed E-state index contributed by atoms with van der Waals surface area (Å²) < 4.78 is 27.6. The van der Waals surface area contributed by atoms with Gasteiger partial charge in [0.15, 0.2) is 0 Å². The zero-order valence-corrected chi connectivity index (χ0v) is 22.4. The quantitative estimate of drug-likeness (QED) is 0.305. The Hall–Kier alpha value is -2.36. The third-order valence-corrected chi connectivity index (χ3v) is 8.48. The van der Waals surface area contributed by atoms with E-state index in [-0.39, 0.29) is 25.5 Å². The Kier molecular flexibility index (Phi) is 9.21. The Bertz CT molecular complexity index is 1090. The number of unbranched alkanes of at least 4 members (excludes halogenated alkanes) is 1. The topological polar surface area (TPSA) is 105 Å². The Morgan fingerprint density at radius 2 is 2.05 bits per heavy atom. The van der Waals surface area contributed by atoms with Gasteiger partial charge in [-0.3, -0.25) is 4.79 Å². The van der Waals surface area contributed by atoms with Crippen LogP contribution in [0.2, 0.25) is 0 Å². The summed E-state index contributed by atoms with van der Waals surface area (Å²) in [6.07, 6.45) is 3.09. The average Bonchev–Trinajstić information content (AvgIpc) is 3.28. The minimum absolute atomic E-state index is 0.117. The molecule has 1 aliphatic heterocycles. The van der Waals surface area contributed by atoms with Crippen LogP contribution in [-0.4, -0.2) is 72.7 Å². The number of halogens is 1. The number of nitrogens with two attached hydrogens (primary N) is 1. The molecule has 208 valence electrons. The molecule has 5 atom stereocenters. The fourth-order valence-electron chi connectivity index (χ4n) is 6.44. The van der Waals surface area contributed by atoms with E-state index in [1.807, 2.05) is 31.2 Å². The van der Waals surface area contributed by atoms with Gasteiger partial charge in [0.1, 0.15) is 17.0 Å². The lowest BCUT2D eigenvalue weighted by Gasteiger charge is -2.55. The van der Waals surface area contributed by atoms with Crippen molar-refractivity contribution in [1.82, 2.24) is 4.90 Å². The molecule has 38 heavy (non-hydrogen) atoms. The van der Waals surface area contributed by atoms with Gasteiger partial charge in [0.2, 0.25) is 6.41 Å². The second-order valence-corrected chi connectivity index (χ2v) is 10.7. The molecule has 4 N–H and O–H groups in total. The highest BCUT2D eigenvalue weighted by atomic mass is 19.1. The highest BCUT2D eigenvalue weighted by Crippen LogP contribution is 2.53. The van der Waals surface area contributed by atoms with Gasteiger partial charge in [-0.2, -0.15) is 0 Å². The summed E-state index contributed by atoms with van der Waals surface area (Å²) in [6.45, 7) is 3.29. The van der Waals surface area contributed by atoms with E-state index in [0.29, 0.717) is 55.5 Å². The molecule has 0 radical (unpaired) electrons. The molecule has 0 spiro atoms. The first kappa shape index (κ1) is 28.6. The summed E-state index contributed by atoms with van der Waals surface area (Å²) in [7, 11) is 1.63. The van der Waals surface area contributed by atoms with Gasteiger partial charge in [0, 0.05) is 31.9 Å². The Balaban J connectivity index is 1.93. The molecule has 1 saturated carbocycles. The van der Waals surface area contributed by atoms with E-state index in [2.05, 4.69) is 0 Å². The summed E-state index contributed by atoms with van der Waals surface area (Å²) in [5.74, 6) is -0.784. The number of aliphatic hydroxyl groups excluding tert-OH is 1. The number of nitrogens with zero attached hydrogens (tertiary/aromatic N) is 1. The maximum atomic E-state index is 15.8. The van der Waals surface area contributed by atoms with Crippen molar-refractivity contribution in [2.45, 2.75) is 68.8 Å². The van der Waals surface area contributed by atoms with Crippen LogP contribution in [0.5, 0.6) is 0 Å².